The van der Waals surface area contributed by atoms with Gasteiger partial charge in [0.2, 0.25) is 0 Å². The van der Waals surface area contributed by atoms with Gasteiger partial charge in [-0.2, -0.15) is 5.10 Å². The number of aromatic nitrogens is 3. The van der Waals surface area contributed by atoms with Gasteiger partial charge in [-0.3, -0.25) is 19.6 Å². The molecular weight excluding hydrogens is 436 g/mol. The van der Waals surface area contributed by atoms with Crippen LogP contribution in [0.15, 0.2) is 66.3 Å². The number of rotatable bonds is 5. The maximum atomic E-state index is 13.4. The summed E-state index contributed by atoms with van der Waals surface area (Å²) in [4.78, 5) is 24.8. The minimum atomic E-state index is -0.0720. The Morgan fingerprint density at radius 2 is 1.94 bits per heavy atom. The highest BCUT2D eigenvalue weighted by atomic mass is 16.2. The number of nitrogens with zero attached hydrogens (tertiary/aromatic N) is 6. The Balaban J connectivity index is 1.42. The summed E-state index contributed by atoms with van der Waals surface area (Å²) >= 11 is 0. The van der Waals surface area contributed by atoms with Gasteiger partial charge in [-0.05, 0) is 57.5 Å². The quantitative estimate of drug-likeness (QED) is 0.659. The molecule has 0 bridgehead atoms. The monoisotopic (exact) mass is 470 g/mol. The van der Waals surface area contributed by atoms with Crippen LogP contribution in [0.4, 0.5) is 0 Å². The molecule has 1 fully saturated rings. The van der Waals surface area contributed by atoms with E-state index in [2.05, 4.69) is 41.6 Å². The third-order valence-corrected chi connectivity index (χ3v) is 6.95. The van der Waals surface area contributed by atoms with Crippen LogP contribution in [-0.2, 0) is 11.2 Å². The van der Waals surface area contributed by atoms with Gasteiger partial charge in [0.25, 0.3) is 5.91 Å². The summed E-state index contributed by atoms with van der Waals surface area (Å²) in [6.45, 7) is 12.7. The zero-order valence-electron chi connectivity index (χ0n) is 21.1. The first kappa shape index (κ1) is 23.3. The van der Waals surface area contributed by atoms with Gasteiger partial charge in [-0.25, -0.2) is 4.52 Å². The zero-order chi connectivity index (χ0) is 24.5. The summed E-state index contributed by atoms with van der Waals surface area (Å²) in [6, 6.07) is 2.52. The Kier molecular flexibility index (Phi) is 6.43. The fraction of sp³-hybridized carbons (Fsp3) is 0.393. The summed E-state index contributed by atoms with van der Waals surface area (Å²) in [5.41, 5.74) is 6.43. The van der Waals surface area contributed by atoms with E-state index in [-0.39, 0.29) is 5.91 Å². The van der Waals surface area contributed by atoms with Crippen molar-refractivity contribution in [1.82, 2.24) is 29.3 Å². The van der Waals surface area contributed by atoms with Crippen LogP contribution in [0.3, 0.4) is 0 Å². The van der Waals surface area contributed by atoms with Crippen LogP contribution in [-0.4, -0.2) is 67.4 Å². The van der Waals surface area contributed by atoms with Crippen molar-refractivity contribution in [1.29, 1.82) is 0 Å². The molecule has 182 valence electrons. The van der Waals surface area contributed by atoms with E-state index in [9.17, 15) is 4.79 Å². The van der Waals surface area contributed by atoms with Crippen molar-refractivity contribution in [2.75, 3.05) is 26.2 Å². The third kappa shape index (κ3) is 4.60. The minimum Gasteiger partial charge on any atom is -0.367 e. The van der Waals surface area contributed by atoms with Crippen molar-refractivity contribution in [3.8, 4) is 0 Å². The molecule has 0 saturated carbocycles. The standard InChI is InChI=1S/C28H34N6O/c1-5-12-31-13-14-32(18-21(31)4)24-11-10-23-9-7-8-22(15-28(35)33(23)19-24)26-16-27-25(6-2)29-20(3)17-34(27)30-26/h7-11,15-17,19,21H,5-6,12-14,18H2,1-4H3/b8-7+,22-15+,23-9+/t21-/m1/s1. The molecule has 0 spiro atoms. The molecule has 7 heteroatoms. The zero-order valence-corrected chi connectivity index (χ0v) is 21.1. The summed E-state index contributed by atoms with van der Waals surface area (Å²) in [6.07, 6.45) is 17.7. The number of hydrogen-bond donors (Lipinski definition) is 0. The van der Waals surface area contributed by atoms with Crippen molar-refractivity contribution >= 4 is 17.0 Å². The molecule has 0 aromatic carbocycles. The molecular formula is C28H34N6O. The van der Waals surface area contributed by atoms with Gasteiger partial charge in [0, 0.05) is 49.2 Å². The van der Waals surface area contributed by atoms with Crippen LogP contribution >= 0.6 is 0 Å². The van der Waals surface area contributed by atoms with Crippen molar-refractivity contribution in [2.45, 2.75) is 46.6 Å². The molecule has 0 radical (unpaired) electrons. The number of amides is 1. The smallest absolute Gasteiger partial charge is 0.255 e. The van der Waals surface area contributed by atoms with E-state index in [0.717, 1.165) is 72.2 Å². The molecule has 0 N–H and O–H groups in total. The predicted octanol–water partition coefficient (Wildman–Crippen LogP) is 4.09. The lowest BCUT2D eigenvalue weighted by Gasteiger charge is -2.42. The maximum Gasteiger partial charge on any atom is 0.255 e. The number of piperazine rings is 1. The van der Waals surface area contributed by atoms with E-state index in [1.165, 1.54) is 6.42 Å². The van der Waals surface area contributed by atoms with Crippen LogP contribution in [0.1, 0.15) is 44.3 Å². The molecule has 5 rings (SSSR count). The normalized spacial score (nSPS) is 24.9. The Bertz CT molecular complexity index is 1290. The number of hydrogen-bond acceptors (Lipinski definition) is 5. The van der Waals surface area contributed by atoms with Crippen molar-refractivity contribution in [2.24, 2.45) is 0 Å². The average molecular weight is 471 g/mol. The van der Waals surface area contributed by atoms with Crippen LogP contribution in [0, 0.1) is 6.92 Å². The number of aryl methyl sites for hydroxylation is 2. The second kappa shape index (κ2) is 9.66. The van der Waals surface area contributed by atoms with E-state index in [4.69, 9.17) is 5.10 Å². The van der Waals surface area contributed by atoms with Crippen LogP contribution in [0.25, 0.3) is 11.1 Å². The average Bonchev–Trinajstić information content (AvgIpc) is 3.27. The van der Waals surface area contributed by atoms with Gasteiger partial charge in [-0.15, -0.1) is 0 Å². The van der Waals surface area contributed by atoms with Crippen LogP contribution in [0.2, 0.25) is 0 Å². The van der Waals surface area contributed by atoms with E-state index in [1.54, 1.807) is 11.0 Å². The Morgan fingerprint density at radius 1 is 1.11 bits per heavy atom. The Hall–Kier alpha value is -3.45. The second-order valence-electron chi connectivity index (χ2n) is 9.52. The number of carbonyl (C=O) groups is 1. The predicted molar refractivity (Wildman–Crippen MR) is 139 cm³/mol. The molecule has 0 unspecified atom stereocenters. The first-order valence-electron chi connectivity index (χ1n) is 12.6. The van der Waals surface area contributed by atoms with Gasteiger partial charge in [0.05, 0.1) is 34.5 Å². The maximum absolute atomic E-state index is 13.4. The largest absolute Gasteiger partial charge is 0.367 e. The fourth-order valence-corrected chi connectivity index (χ4v) is 5.11. The lowest BCUT2D eigenvalue weighted by Crippen LogP contribution is -2.51. The first-order chi connectivity index (χ1) is 17.0. The van der Waals surface area contributed by atoms with Crippen LogP contribution < -0.4 is 0 Å². The Morgan fingerprint density at radius 3 is 2.71 bits per heavy atom. The molecule has 7 nitrogen and oxygen atoms in total. The number of carbonyl (C=O) groups excluding carboxylic acids is 1. The first-order valence-corrected chi connectivity index (χ1v) is 12.6. The molecule has 1 amide bonds. The van der Waals surface area contributed by atoms with Gasteiger partial charge >= 0.3 is 0 Å². The highest BCUT2D eigenvalue weighted by Crippen LogP contribution is 2.27. The molecule has 35 heavy (non-hydrogen) atoms. The molecule has 1 atom stereocenters. The topological polar surface area (TPSA) is 57.0 Å². The summed E-state index contributed by atoms with van der Waals surface area (Å²) in [5.74, 6) is -0.0720. The fourth-order valence-electron chi connectivity index (χ4n) is 5.11. The summed E-state index contributed by atoms with van der Waals surface area (Å²) in [7, 11) is 0. The van der Waals surface area contributed by atoms with Crippen molar-refractivity contribution in [3.05, 3.63) is 83.4 Å². The van der Waals surface area contributed by atoms with E-state index in [1.807, 2.05) is 54.2 Å². The molecule has 3 aliphatic rings. The van der Waals surface area contributed by atoms with Gasteiger partial charge in [-0.1, -0.05) is 26.0 Å². The van der Waals surface area contributed by atoms with Crippen molar-refractivity contribution < 1.29 is 4.79 Å². The van der Waals surface area contributed by atoms with Gasteiger partial charge in [0.15, 0.2) is 0 Å². The van der Waals surface area contributed by atoms with E-state index < -0.39 is 0 Å². The third-order valence-electron chi connectivity index (χ3n) is 6.95. The Labute approximate surface area is 207 Å². The van der Waals surface area contributed by atoms with E-state index in [0.29, 0.717) is 6.04 Å². The second-order valence-corrected chi connectivity index (χ2v) is 9.52. The van der Waals surface area contributed by atoms with Gasteiger partial charge in [0.1, 0.15) is 0 Å². The molecule has 3 aliphatic heterocycles. The molecule has 0 aliphatic carbocycles. The minimum absolute atomic E-state index is 0.0720. The number of fused-ring (bicyclic) bond motifs is 2. The SMILES string of the molecule is CCCN1CCN(C2=CN3C(=O)\C=C(c4cc5c(CC)nc(C)cn5n4)/C=C/C=C/3C=C2)C[C@H]1C. The molecule has 5 heterocycles. The van der Waals surface area contributed by atoms with E-state index >= 15 is 0 Å². The molecule has 2 aromatic rings. The van der Waals surface area contributed by atoms with Crippen molar-refractivity contribution in [3.63, 3.8) is 0 Å². The molecule has 1 saturated heterocycles. The highest BCUT2D eigenvalue weighted by Gasteiger charge is 2.26. The lowest BCUT2D eigenvalue weighted by molar-refractivity contribution is -0.122. The lowest BCUT2D eigenvalue weighted by atomic mass is 10.1. The summed E-state index contributed by atoms with van der Waals surface area (Å²) in [5, 5.41) is 4.76. The number of allylic oxidation sites excluding steroid dienone is 6. The molecule has 2 aromatic heterocycles. The summed E-state index contributed by atoms with van der Waals surface area (Å²) < 4.78 is 1.87. The highest BCUT2D eigenvalue weighted by molar-refractivity contribution is 5.99. The van der Waals surface area contributed by atoms with Crippen LogP contribution in [0.5, 0.6) is 0 Å². The van der Waals surface area contributed by atoms with Gasteiger partial charge < -0.3 is 4.90 Å².